The van der Waals surface area contributed by atoms with E-state index >= 15 is 0 Å². The van der Waals surface area contributed by atoms with Crippen LogP contribution in [0, 0.1) is 0 Å². The molecule has 0 rings (SSSR count). The molecule has 0 aromatic heterocycles. The minimum Gasteiger partial charge on any atom is -0.351 e. The molecule has 0 spiro atoms. The molecule has 1 N–H and O–H groups in total. The van der Waals surface area contributed by atoms with Gasteiger partial charge in [0.15, 0.2) is 0 Å². The van der Waals surface area contributed by atoms with E-state index in [0.29, 0.717) is 0 Å². The molecule has 4 nitrogen and oxygen atoms in total. The van der Waals surface area contributed by atoms with Crippen LogP contribution in [0.15, 0.2) is 0 Å². The third-order valence-electron chi connectivity index (χ3n) is 0.419. The van der Waals surface area contributed by atoms with Gasteiger partial charge < -0.3 is 4.74 Å². The Kier molecular flexibility index (Phi) is 2.68. The van der Waals surface area contributed by atoms with E-state index in [4.69, 9.17) is 16.2 Å². The van der Waals surface area contributed by atoms with Crippen molar-refractivity contribution >= 4 is 21.7 Å². The zero-order valence-electron chi connectivity index (χ0n) is 4.04. The lowest BCUT2D eigenvalue weighted by Crippen LogP contribution is -2.15. The summed E-state index contributed by atoms with van der Waals surface area (Å²) in [5.74, 6) is 0. The summed E-state index contributed by atoms with van der Waals surface area (Å²) in [4.78, 5) is -1.65. The van der Waals surface area contributed by atoms with Crippen LogP contribution in [0.1, 0.15) is 0 Å². The van der Waals surface area contributed by atoms with E-state index in [1.54, 1.807) is 0 Å². The Morgan fingerprint density at radius 2 is 2.12 bits per heavy atom. The van der Waals surface area contributed by atoms with Crippen molar-refractivity contribution in [1.29, 1.82) is 0 Å². The fraction of sp³-hybridized carbons (Fsp3) is 1.00. The first-order chi connectivity index (χ1) is 3.48. The average molecular weight is 161 g/mol. The number of hydrogen-bond donors (Lipinski definition) is 1. The Morgan fingerprint density at radius 1 is 1.75 bits per heavy atom. The molecule has 0 aliphatic rings. The van der Waals surface area contributed by atoms with Crippen molar-refractivity contribution in [2.75, 3.05) is 7.11 Å². The molecule has 1 unspecified atom stereocenters. The summed E-state index contributed by atoms with van der Waals surface area (Å²) in [6, 6.07) is 0. The van der Waals surface area contributed by atoms with Crippen LogP contribution in [0.25, 0.3) is 0 Å². The summed E-state index contributed by atoms with van der Waals surface area (Å²) in [7, 11) is -3.13. The van der Waals surface area contributed by atoms with E-state index in [9.17, 15) is 8.42 Å². The van der Waals surface area contributed by atoms with Crippen molar-refractivity contribution in [2.45, 2.75) is 4.90 Å². The Morgan fingerprint density at radius 3 is 2.12 bits per heavy atom. The minimum absolute atomic E-state index is 1.07. The fourth-order valence-corrected chi connectivity index (χ4v) is 0.365. The Labute approximate surface area is 52.1 Å². The first-order valence-corrected chi connectivity index (χ1v) is 3.55. The van der Waals surface area contributed by atoms with Gasteiger partial charge in [0, 0.05) is 7.11 Å². The second-order valence-corrected chi connectivity index (χ2v) is 3.14. The Balaban J connectivity index is 4.04. The zero-order valence-corrected chi connectivity index (χ0v) is 5.61. The highest BCUT2D eigenvalue weighted by molar-refractivity contribution is 7.87. The van der Waals surface area contributed by atoms with Gasteiger partial charge in [-0.2, -0.15) is 8.42 Å². The molecule has 0 saturated carbocycles. The first-order valence-electron chi connectivity index (χ1n) is 1.61. The highest BCUT2D eigenvalue weighted by Crippen LogP contribution is 2.02. The Bertz CT molecular complexity index is 149. The van der Waals surface area contributed by atoms with Crippen molar-refractivity contribution in [2.24, 2.45) is 0 Å². The summed E-state index contributed by atoms with van der Waals surface area (Å²) < 4.78 is 31.8. The van der Waals surface area contributed by atoms with Gasteiger partial charge in [0.1, 0.15) is 0 Å². The highest BCUT2D eigenvalue weighted by Gasteiger charge is 2.17. The SMILES string of the molecule is COC(Cl)S(=O)(=O)O. The number of methoxy groups -OCH3 is 1. The smallest absolute Gasteiger partial charge is 0.307 e. The number of halogens is 1. The molecular formula is C2H5ClO4S. The van der Waals surface area contributed by atoms with Crippen LogP contribution in [0.2, 0.25) is 0 Å². The van der Waals surface area contributed by atoms with Crippen molar-refractivity contribution in [3.05, 3.63) is 0 Å². The molecule has 0 radical (unpaired) electrons. The predicted molar refractivity (Wildman–Crippen MR) is 28.2 cm³/mol. The van der Waals surface area contributed by atoms with Gasteiger partial charge in [0.25, 0.3) is 4.90 Å². The van der Waals surface area contributed by atoms with E-state index < -0.39 is 15.0 Å². The van der Waals surface area contributed by atoms with Gasteiger partial charge >= 0.3 is 10.1 Å². The molecular weight excluding hydrogens is 156 g/mol. The molecule has 6 heteroatoms. The summed E-state index contributed by atoms with van der Waals surface area (Å²) >= 11 is 4.88. The summed E-state index contributed by atoms with van der Waals surface area (Å²) in [6.07, 6.45) is 0. The van der Waals surface area contributed by atoms with E-state index in [0.717, 1.165) is 7.11 Å². The molecule has 1 atom stereocenters. The van der Waals surface area contributed by atoms with Crippen LogP contribution in [-0.4, -0.2) is 25.0 Å². The van der Waals surface area contributed by atoms with Crippen molar-refractivity contribution < 1.29 is 17.7 Å². The molecule has 0 aliphatic carbocycles. The van der Waals surface area contributed by atoms with Crippen LogP contribution >= 0.6 is 11.6 Å². The predicted octanol–water partition coefficient (Wildman–Crippen LogP) is 0.0430. The van der Waals surface area contributed by atoms with Gasteiger partial charge in [0.2, 0.25) is 0 Å². The molecule has 0 bridgehead atoms. The molecule has 8 heavy (non-hydrogen) atoms. The van der Waals surface area contributed by atoms with Gasteiger partial charge in [-0.3, -0.25) is 4.55 Å². The number of ether oxygens (including phenoxy) is 1. The van der Waals surface area contributed by atoms with Crippen LogP contribution in [-0.2, 0) is 14.9 Å². The lowest BCUT2D eigenvalue weighted by molar-refractivity contribution is 0.211. The molecule has 0 aliphatic heterocycles. The highest BCUT2D eigenvalue weighted by atomic mass is 35.5. The maximum Gasteiger partial charge on any atom is 0.307 e. The van der Waals surface area contributed by atoms with Crippen molar-refractivity contribution in [3.63, 3.8) is 0 Å². The summed E-state index contributed by atoms with van der Waals surface area (Å²) in [6.45, 7) is 0. The molecule has 0 aromatic rings. The van der Waals surface area contributed by atoms with E-state index in [1.807, 2.05) is 0 Å². The maximum absolute atomic E-state index is 9.86. The van der Waals surface area contributed by atoms with E-state index in [2.05, 4.69) is 4.74 Å². The first kappa shape index (κ1) is 8.16. The van der Waals surface area contributed by atoms with Gasteiger partial charge in [-0.15, -0.1) is 0 Å². The second-order valence-electron chi connectivity index (χ2n) is 1.03. The van der Waals surface area contributed by atoms with Crippen LogP contribution in [0.4, 0.5) is 0 Å². The van der Waals surface area contributed by atoms with Gasteiger partial charge in [0.05, 0.1) is 0 Å². The Hall–Kier alpha value is 0.160. The van der Waals surface area contributed by atoms with Crippen molar-refractivity contribution in [3.8, 4) is 0 Å². The van der Waals surface area contributed by atoms with Gasteiger partial charge in [-0.25, -0.2) is 0 Å². The zero-order chi connectivity index (χ0) is 6.78. The molecule has 0 amide bonds. The topological polar surface area (TPSA) is 63.6 Å². The number of hydrogen-bond acceptors (Lipinski definition) is 3. The largest absolute Gasteiger partial charge is 0.351 e. The number of alkyl halides is 1. The summed E-state index contributed by atoms with van der Waals surface area (Å²) in [5.41, 5.74) is 0. The van der Waals surface area contributed by atoms with Crippen molar-refractivity contribution in [1.82, 2.24) is 0 Å². The third kappa shape index (κ3) is 2.46. The van der Waals surface area contributed by atoms with Gasteiger partial charge in [-0.05, 0) is 0 Å². The molecule has 0 saturated heterocycles. The molecule has 50 valence electrons. The standard InChI is InChI=1S/C2H5ClO4S/c1-7-2(3)8(4,5)6/h2H,1H3,(H,4,5,6). The quantitative estimate of drug-likeness (QED) is 0.458. The third-order valence-corrected chi connectivity index (χ3v) is 1.93. The summed E-state index contributed by atoms with van der Waals surface area (Å²) in [5, 5.41) is 0. The molecule has 0 heterocycles. The van der Waals surface area contributed by atoms with Crippen LogP contribution in [0.3, 0.4) is 0 Å². The monoisotopic (exact) mass is 160 g/mol. The lowest BCUT2D eigenvalue weighted by atomic mass is 11.5. The van der Waals surface area contributed by atoms with Gasteiger partial charge in [-0.1, -0.05) is 11.6 Å². The van der Waals surface area contributed by atoms with Crippen LogP contribution in [0.5, 0.6) is 0 Å². The van der Waals surface area contributed by atoms with E-state index in [-0.39, 0.29) is 0 Å². The number of rotatable bonds is 2. The minimum atomic E-state index is -4.21. The molecule has 0 aromatic carbocycles. The molecule has 0 fully saturated rings. The maximum atomic E-state index is 9.86. The van der Waals surface area contributed by atoms with E-state index in [1.165, 1.54) is 0 Å². The van der Waals surface area contributed by atoms with Crippen LogP contribution < -0.4 is 0 Å². The average Bonchev–Trinajstić information content (AvgIpc) is 1.62. The lowest BCUT2D eigenvalue weighted by Gasteiger charge is -1.99. The normalized spacial score (nSPS) is 15.9. The second kappa shape index (κ2) is 2.63. The fourth-order valence-electron chi connectivity index (χ4n) is 0.122.